The highest BCUT2D eigenvalue weighted by molar-refractivity contribution is 4.77. The van der Waals surface area contributed by atoms with Crippen LogP contribution in [0.4, 0.5) is 26.3 Å². The first-order chi connectivity index (χ1) is 20.5. The molecule has 4 unspecified atom stereocenters. The molecule has 3 aliphatic rings. The first kappa shape index (κ1) is 39.4. The van der Waals surface area contributed by atoms with Gasteiger partial charge in [-0.2, -0.15) is 26.3 Å². The van der Waals surface area contributed by atoms with Crippen molar-refractivity contribution in [3.63, 3.8) is 0 Å². The lowest BCUT2D eigenvalue weighted by molar-refractivity contribution is -0.208. The number of nitrogens with zero attached hydrogens (tertiary/aromatic N) is 8. The minimum absolute atomic E-state index is 0.364. The molecule has 262 valence electrons. The van der Waals surface area contributed by atoms with Crippen molar-refractivity contribution >= 4 is 0 Å². The van der Waals surface area contributed by atoms with Crippen LogP contribution in [0.15, 0.2) is 0 Å². The maximum Gasteiger partial charge on any atom is 0.415 e. The Morgan fingerprint density at radius 2 is 0.614 bits per heavy atom. The lowest BCUT2D eigenvalue weighted by atomic mass is 10.2. The molecule has 3 fully saturated rings. The number of hydrogen-bond acceptors (Lipinski definition) is 10. The van der Waals surface area contributed by atoms with E-state index >= 15 is 0 Å². The van der Waals surface area contributed by atoms with Gasteiger partial charge in [0.15, 0.2) is 12.2 Å². The number of fused-ring (bicyclic) bond motifs is 21. The summed E-state index contributed by atoms with van der Waals surface area (Å²) in [4.78, 5) is 16.4. The molecule has 0 aromatic heterocycles. The largest absolute Gasteiger partial charge is 0.415 e. The van der Waals surface area contributed by atoms with E-state index in [1.54, 1.807) is 9.80 Å². The third-order valence-electron chi connectivity index (χ3n) is 8.73. The Hall–Kier alpha value is -0.820. The second kappa shape index (κ2) is 19.1. The molecule has 10 nitrogen and oxygen atoms in total. The summed E-state index contributed by atoms with van der Waals surface area (Å²) in [6.45, 7) is 9.76. The minimum atomic E-state index is -4.69. The number of hydrogen-bond donors (Lipinski definition) is 2. The summed E-state index contributed by atoms with van der Waals surface area (Å²) in [6, 6.07) is 0. The summed E-state index contributed by atoms with van der Waals surface area (Å²) in [7, 11) is 7.94. The lowest BCUT2D eigenvalue weighted by Crippen LogP contribution is -2.50. The van der Waals surface area contributed by atoms with Gasteiger partial charge in [-0.3, -0.25) is 19.6 Å². The summed E-state index contributed by atoms with van der Waals surface area (Å²) < 4.78 is 79.6. The Labute approximate surface area is 259 Å². The van der Waals surface area contributed by atoms with Gasteiger partial charge >= 0.3 is 12.4 Å². The molecule has 16 heteroatoms. The van der Waals surface area contributed by atoms with Crippen LogP contribution in [0.3, 0.4) is 0 Å². The molecule has 0 saturated carbocycles. The predicted octanol–water partition coefficient (Wildman–Crippen LogP) is -0.205. The molecule has 3 rings (SSSR count). The molecule has 3 heterocycles. The summed E-state index contributed by atoms with van der Waals surface area (Å²) in [5, 5.41) is 19.7. The number of halogens is 6. The van der Waals surface area contributed by atoms with Crippen LogP contribution < -0.4 is 0 Å². The fraction of sp³-hybridized carbons (Fsp3) is 1.00. The number of rotatable bonds is 4. The normalized spacial score (nSPS) is 28.1. The Kier molecular flexibility index (Phi) is 17.1. The molecule has 2 bridgehead atoms. The Bertz CT molecular complexity index is 721. The smallest absolute Gasteiger partial charge is 0.382 e. The third-order valence-corrected chi connectivity index (χ3v) is 8.73. The van der Waals surface area contributed by atoms with E-state index in [1.165, 1.54) is 0 Å². The second-order valence-corrected chi connectivity index (χ2v) is 12.6. The van der Waals surface area contributed by atoms with E-state index in [9.17, 15) is 36.6 Å². The Morgan fingerprint density at radius 3 is 0.886 bits per heavy atom. The van der Waals surface area contributed by atoms with Crippen molar-refractivity contribution in [2.45, 2.75) is 24.6 Å². The minimum Gasteiger partial charge on any atom is -0.382 e. The fourth-order valence-electron chi connectivity index (χ4n) is 5.18. The zero-order chi connectivity index (χ0) is 32.9. The highest BCUT2D eigenvalue weighted by Gasteiger charge is 2.40. The van der Waals surface area contributed by atoms with Gasteiger partial charge in [0.1, 0.15) is 0 Å². The Balaban J connectivity index is 2.31. The van der Waals surface area contributed by atoms with Crippen LogP contribution in [0.25, 0.3) is 0 Å². The molecule has 0 aliphatic carbocycles. The van der Waals surface area contributed by atoms with E-state index < -0.39 is 37.7 Å². The van der Waals surface area contributed by atoms with Crippen molar-refractivity contribution < 1.29 is 36.6 Å². The highest BCUT2D eigenvalue weighted by atomic mass is 19.4. The lowest BCUT2D eigenvalue weighted by Gasteiger charge is -2.35. The van der Waals surface area contributed by atoms with E-state index in [-0.39, 0.29) is 0 Å². The standard InChI is InChI=1S/C28H56F6N8O2/c1-35-5-6-36(2)8-14-40-16-10-38(4)12-17-41(23-25(43)27(29,30)31)21-19-39(13-7-35)15-9-37(3)11-18-42(22-20-40)24-26(44)28(32,33)34/h25-26,43-44H,5-24H2,1-4H3. The van der Waals surface area contributed by atoms with Crippen molar-refractivity contribution in [2.75, 3.05) is 159 Å². The van der Waals surface area contributed by atoms with Crippen LogP contribution in [-0.2, 0) is 0 Å². The summed E-state index contributed by atoms with van der Waals surface area (Å²) in [5.41, 5.74) is 0. The van der Waals surface area contributed by atoms with Crippen LogP contribution in [0.1, 0.15) is 0 Å². The molecule has 0 radical (unpaired) electrons. The zero-order valence-electron chi connectivity index (χ0n) is 27.0. The van der Waals surface area contributed by atoms with Crippen LogP contribution >= 0.6 is 0 Å². The van der Waals surface area contributed by atoms with Crippen molar-refractivity contribution in [2.24, 2.45) is 0 Å². The Morgan fingerprint density at radius 1 is 0.409 bits per heavy atom. The molecule has 0 aromatic carbocycles. The third kappa shape index (κ3) is 16.1. The van der Waals surface area contributed by atoms with Gasteiger partial charge in [0.25, 0.3) is 0 Å². The van der Waals surface area contributed by atoms with Gasteiger partial charge in [-0.1, -0.05) is 0 Å². The topological polar surface area (TPSA) is 66.4 Å². The van der Waals surface area contributed by atoms with Gasteiger partial charge in [-0.05, 0) is 28.2 Å². The molecule has 3 saturated heterocycles. The van der Waals surface area contributed by atoms with E-state index in [4.69, 9.17) is 0 Å². The number of alkyl halides is 6. The maximum absolute atomic E-state index is 13.3. The molecular formula is C28H56F6N8O2. The summed E-state index contributed by atoms with van der Waals surface area (Å²) in [6.07, 6.45) is -14.2. The van der Waals surface area contributed by atoms with Gasteiger partial charge in [-0.15, -0.1) is 0 Å². The molecular weight excluding hydrogens is 594 g/mol. The fourth-order valence-corrected chi connectivity index (χ4v) is 5.18. The summed E-state index contributed by atoms with van der Waals surface area (Å²) >= 11 is 0. The number of likely N-dealkylation sites (N-methyl/N-ethyl adjacent to an activating group) is 4. The first-order valence-corrected chi connectivity index (χ1v) is 15.7. The monoisotopic (exact) mass is 650 g/mol. The van der Waals surface area contributed by atoms with Crippen LogP contribution in [0.2, 0.25) is 0 Å². The maximum atomic E-state index is 13.3. The van der Waals surface area contributed by atoms with Crippen molar-refractivity contribution in [1.29, 1.82) is 0 Å². The van der Waals surface area contributed by atoms with Gasteiger partial charge in [0.05, 0.1) is 0 Å². The van der Waals surface area contributed by atoms with Crippen molar-refractivity contribution in [3.8, 4) is 0 Å². The quantitative estimate of drug-likeness (QED) is 0.400. The van der Waals surface area contributed by atoms with Crippen LogP contribution in [0, 0.1) is 0 Å². The first-order valence-electron chi connectivity index (χ1n) is 15.7. The number of aliphatic hydroxyl groups is 2. The second-order valence-electron chi connectivity index (χ2n) is 12.6. The van der Waals surface area contributed by atoms with Crippen LogP contribution in [0.5, 0.6) is 0 Å². The van der Waals surface area contributed by atoms with E-state index in [1.807, 2.05) is 23.9 Å². The van der Waals surface area contributed by atoms with Gasteiger partial charge in [-0.25, -0.2) is 0 Å². The van der Waals surface area contributed by atoms with Crippen molar-refractivity contribution in [3.05, 3.63) is 0 Å². The van der Waals surface area contributed by atoms with E-state index in [0.29, 0.717) is 91.6 Å². The van der Waals surface area contributed by atoms with Gasteiger partial charge in [0, 0.05) is 131 Å². The number of aliphatic hydroxyl groups excluding tert-OH is 2. The van der Waals surface area contributed by atoms with E-state index in [2.05, 4.69) is 33.7 Å². The molecule has 0 spiro atoms. The zero-order valence-corrected chi connectivity index (χ0v) is 27.0. The highest BCUT2D eigenvalue weighted by Crippen LogP contribution is 2.21. The van der Waals surface area contributed by atoms with Crippen LogP contribution in [-0.4, -0.2) is 233 Å². The SMILES string of the molecule is CN1CCN(C)CCN2CCN(C)CCN(CC(O)C(F)(F)F)CCN(CC1)CCN(C)CCN(CC(O)C(F)(F)F)CC2. The van der Waals surface area contributed by atoms with Crippen molar-refractivity contribution in [1.82, 2.24) is 39.2 Å². The molecule has 2 N–H and O–H groups in total. The van der Waals surface area contributed by atoms with E-state index in [0.717, 1.165) is 26.2 Å². The molecule has 4 atom stereocenters. The predicted molar refractivity (Wildman–Crippen MR) is 160 cm³/mol. The summed E-state index contributed by atoms with van der Waals surface area (Å²) in [5.74, 6) is 0. The molecule has 3 aliphatic heterocycles. The average Bonchev–Trinajstić information content (AvgIpc) is 2.93. The molecule has 44 heavy (non-hydrogen) atoms. The van der Waals surface area contributed by atoms with Gasteiger partial charge < -0.3 is 29.8 Å². The average molecular weight is 651 g/mol. The molecule has 0 aromatic rings. The molecule has 0 amide bonds. The van der Waals surface area contributed by atoms with Gasteiger partial charge in [0.2, 0.25) is 0 Å².